The zero-order chi connectivity index (χ0) is 23.7. The third-order valence-electron chi connectivity index (χ3n) is 6.77. The Morgan fingerprint density at radius 2 is 1.88 bits per heavy atom. The summed E-state index contributed by atoms with van der Waals surface area (Å²) in [6.07, 6.45) is 7.30. The molecule has 2 aromatic carbocycles. The monoisotopic (exact) mass is 497 g/mol. The molecule has 0 bridgehead atoms. The molecular weight excluding hydrogens is 473 g/mol. The first-order valence-corrected chi connectivity index (χ1v) is 12.3. The lowest BCUT2D eigenvalue weighted by atomic mass is 9.78. The van der Waals surface area contributed by atoms with E-state index in [1.807, 2.05) is 35.2 Å². The Hall–Kier alpha value is -2.90. The van der Waals surface area contributed by atoms with Crippen LogP contribution in [0.25, 0.3) is 0 Å². The summed E-state index contributed by atoms with van der Waals surface area (Å²) in [6, 6.07) is 12.2. The average Bonchev–Trinajstić information content (AvgIpc) is 3.54. The summed E-state index contributed by atoms with van der Waals surface area (Å²) in [5.74, 6) is -0.812. The van der Waals surface area contributed by atoms with Crippen LogP contribution in [0.15, 0.2) is 54.9 Å². The highest BCUT2D eigenvalue weighted by Gasteiger charge is 2.47. The van der Waals surface area contributed by atoms with E-state index in [1.165, 1.54) is 0 Å². The van der Waals surface area contributed by atoms with E-state index in [0.29, 0.717) is 28.7 Å². The number of nitrogens with one attached hydrogen (secondary N) is 1. The fraction of sp³-hybridized carbons (Fsp3) is 0.360. The van der Waals surface area contributed by atoms with Gasteiger partial charge in [-0.05, 0) is 42.2 Å². The second-order valence-corrected chi connectivity index (χ2v) is 9.63. The third-order valence-corrected chi connectivity index (χ3v) is 7.33. The maximum atomic E-state index is 13.8. The molecule has 0 saturated heterocycles. The number of hydrogen-bond acceptors (Lipinski definition) is 4. The normalized spacial score (nSPS) is 20.4. The largest absolute Gasteiger partial charge is 0.354 e. The van der Waals surface area contributed by atoms with Crippen LogP contribution in [0.4, 0.5) is 0 Å². The van der Waals surface area contributed by atoms with Gasteiger partial charge in [0.15, 0.2) is 0 Å². The first-order chi connectivity index (χ1) is 16.5. The molecule has 1 saturated carbocycles. The van der Waals surface area contributed by atoms with Crippen LogP contribution in [-0.2, 0) is 11.3 Å². The summed E-state index contributed by atoms with van der Waals surface area (Å²) in [4.78, 5) is 29.5. The maximum absolute atomic E-state index is 13.8. The first kappa shape index (κ1) is 22.9. The highest BCUT2D eigenvalue weighted by Crippen LogP contribution is 2.47. The Labute approximate surface area is 208 Å². The third kappa shape index (κ3) is 4.30. The van der Waals surface area contributed by atoms with Gasteiger partial charge in [0, 0.05) is 34.4 Å². The number of benzene rings is 2. The minimum absolute atomic E-state index is 0.0508. The molecular formula is C25H25Cl2N5O2. The Bertz CT molecular complexity index is 1190. The summed E-state index contributed by atoms with van der Waals surface area (Å²) in [5.41, 5.74) is 2.03. The van der Waals surface area contributed by atoms with Gasteiger partial charge in [0.2, 0.25) is 5.91 Å². The summed E-state index contributed by atoms with van der Waals surface area (Å²) in [5, 5.41) is 11.8. The van der Waals surface area contributed by atoms with Crippen LogP contribution in [-0.4, -0.2) is 44.3 Å². The fourth-order valence-electron chi connectivity index (χ4n) is 5.25. The quantitative estimate of drug-likeness (QED) is 0.538. The molecule has 34 heavy (non-hydrogen) atoms. The number of fused-ring (bicyclic) bond motifs is 1. The van der Waals surface area contributed by atoms with Crippen molar-refractivity contribution in [3.05, 3.63) is 81.6 Å². The van der Waals surface area contributed by atoms with E-state index < -0.39 is 12.0 Å². The van der Waals surface area contributed by atoms with Gasteiger partial charge >= 0.3 is 0 Å². The van der Waals surface area contributed by atoms with Crippen LogP contribution in [0.5, 0.6) is 0 Å². The molecule has 2 amide bonds. The number of carbonyl (C=O) groups is 2. The molecule has 2 heterocycles. The molecule has 5 rings (SSSR count). The van der Waals surface area contributed by atoms with Crippen molar-refractivity contribution >= 4 is 35.0 Å². The van der Waals surface area contributed by atoms with Gasteiger partial charge in [-0.25, -0.2) is 0 Å². The van der Waals surface area contributed by atoms with E-state index in [2.05, 4.69) is 15.6 Å². The van der Waals surface area contributed by atoms with Crippen molar-refractivity contribution in [2.45, 2.75) is 50.2 Å². The van der Waals surface area contributed by atoms with Crippen molar-refractivity contribution in [1.29, 1.82) is 0 Å². The molecule has 9 heteroatoms. The van der Waals surface area contributed by atoms with Gasteiger partial charge in [0.1, 0.15) is 0 Å². The lowest BCUT2D eigenvalue weighted by Gasteiger charge is -2.45. The van der Waals surface area contributed by atoms with Crippen molar-refractivity contribution in [2.75, 3.05) is 6.54 Å². The molecule has 2 atom stereocenters. The van der Waals surface area contributed by atoms with Crippen molar-refractivity contribution < 1.29 is 9.59 Å². The van der Waals surface area contributed by atoms with Crippen molar-refractivity contribution in [3.8, 4) is 0 Å². The second kappa shape index (κ2) is 9.76. The van der Waals surface area contributed by atoms with Gasteiger partial charge in [0.25, 0.3) is 5.91 Å². The van der Waals surface area contributed by atoms with Crippen molar-refractivity contribution in [3.63, 3.8) is 0 Å². The van der Waals surface area contributed by atoms with Gasteiger partial charge in [-0.15, -0.1) is 5.10 Å². The standard InChI is InChI=1S/C25H25Cl2N5O2/c26-16-9-10-20(21(27)15-16)23-22(24(33)28-11-13-31-14-12-29-30-31)18-7-3-4-8-19(18)25(34)32(23)17-5-1-2-6-17/h3-4,7-10,12,14-15,17,22-23H,1-2,5-6,11,13H2,(H,28,33)/t22-,23+/m1/s1. The van der Waals surface area contributed by atoms with Gasteiger partial charge in [0.05, 0.1) is 24.7 Å². The molecule has 1 aliphatic carbocycles. The Balaban J connectivity index is 1.57. The fourth-order valence-corrected chi connectivity index (χ4v) is 5.77. The van der Waals surface area contributed by atoms with E-state index in [9.17, 15) is 9.59 Å². The molecule has 0 spiro atoms. The zero-order valence-corrected chi connectivity index (χ0v) is 20.0. The van der Waals surface area contributed by atoms with E-state index in [4.69, 9.17) is 23.2 Å². The highest BCUT2D eigenvalue weighted by molar-refractivity contribution is 6.35. The number of amides is 2. The number of rotatable bonds is 6. The van der Waals surface area contributed by atoms with Crippen LogP contribution in [0.1, 0.15) is 59.1 Å². The predicted molar refractivity (Wildman–Crippen MR) is 130 cm³/mol. The van der Waals surface area contributed by atoms with Crippen LogP contribution in [0.2, 0.25) is 10.0 Å². The van der Waals surface area contributed by atoms with Gasteiger partial charge in [-0.1, -0.05) is 65.5 Å². The number of hydrogen-bond donors (Lipinski definition) is 1. The topological polar surface area (TPSA) is 80.1 Å². The number of halogens is 2. The van der Waals surface area contributed by atoms with Crippen LogP contribution >= 0.6 is 23.2 Å². The lowest BCUT2D eigenvalue weighted by Crippen LogP contribution is -2.51. The average molecular weight is 498 g/mol. The van der Waals surface area contributed by atoms with E-state index >= 15 is 0 Å². The molecule has 176 valence electrons. The lowest BCUT2D eigenvalue weighted by molar-refractivity contribution is -0.124. The van der Waals surface area contributed by atoms with Crippen molar-refractivity contribution in [2.24, 2.45) is 0 Å². The Morgan fingerprint density at radius 3 is 2.62 bits per heavy atom. The summed E-state index contributed by atoms with van der Waals surface area (Å²) in [6.45, 7) is 0.886. The number of nitrogens with zero attached hydrogens (tertiary/aromatic N) is 4. The minimum Gasteiger partial charge on any atom is -0.354 e. The summed E-state index contributed by atoms with van der Waals surface area (Å²) in [7, 11) is 0. The molecule has 1 aromatic heterocycles. The van der Waals surface area contributed by atoms with E-state index in [1.54, 1.807) is 29.2 Å². The Kier molecular flexibility index (Phi) is 6.57. The molecule has 0 unspecified atom stereocenters. The smallest absolute Gasteiger partial charge is 0.254 e. The molecule has 7 nitrogen and oxygen atoms in total. The highest BCUT2D eigenvalue weighted by atomic mass is 35.5. The molecule has 2 aliphatic rings. The number of carbonyl (C=O) groups excluding carboxylic acids is 2. The SMILES string of the molecule is O=C(NCCn1ccnn1)[C@@H]1c2ccccc2C(=O)N(C2CCCC2)[C@H]1c1ccc(Cl)cc1Cl. The van der Waals surface area contributed by atoms with Gasteiger partial charge in [-0.2, -0.15) is 0 Å². The Morgan fingerprint density at radius 1 is 1.09 bits per heavy atom. The summed E-state index contributed by atoms with van der Waals surface area (Å²) >= 11 is 12.9. The van der Waals surface area contributed by atoms with E-state index in [-0.39, 0.29) is 17.9 Å². The minimum atomic E-state index is -0.607. The number of aromatic nitrogens is 3. The zero-order valence-electron chi connectivity index (χ0n) is 18.5. The van der Waals surface area contributed by atoms with Crippen molar-refractivity contribution in [1.82, 2.24) is 25.2 Å². The van der Waals surface area contributed by atoms with Crippen LogP contribution in [0.3, 0.4) is 0 Å². The molecule has 1 fully saturated rings. The van der Waals surface area contributed by atoms with Crippen LogP contribution < -0.4 is 5.32 Å². The maximum Gasteiger partial charge on any atom is 0.254 e. The summed E-state index contributed by atoms with van der Waals surface area (Å²) < 4.78 is 1.66. The molecule has 0 radical (unpaired) electrons. The van der Waals surface area contributed by atoms with E-state index in [0.717, 1.165) is 36.8 Å². The predicted octanol–water partition coefficient (Wildman–Crippen LogP) is 4.62. The second-order valence-electron chi connectivity index (χ2n) is 8.78. The van der Waals surface area contributed by atoms with Gasteiger partial charge in [-0.3, -0.25) is 14.3 Å². The van der Waals surface area contributed by atoms with Gasteiger partial charge < -0.3 is 10.2 Å². The first-order valence-electron chi connectivity index (χ1n) is 11.5. The molecule has 1 N–H and O–H groups in total. The van der Waals surface area contributed by atoms with Crippen LogP contribution in [0, 0.1) is 0 Å². The molecule has 1 aliphatic heterocycles. The molecule has 3 aromatic rings.